The summed E-state index contributed by atoms with van der Waals surface area (Å²) < 4.78 is 2.03. The maximum atomic E-state index is 6.27. The van der Waals surface area contributed by atoms with Crippen molar-refractivity contribution in [3.05, 3.63) is 61.8 Å². The molecule has 1 heterocycles. The molecule has 3 rings (SSSR count). The van der Waals surface area contributed by atoms with Crippen LogP contribution in [-0.4, -0.2) is 4.98 Å². The Bertz CT molecular complexity index is 753. The maximum Gasteiger partial charge on any atom is 0.124 e. The van der Waals surface area contributed by atoms with Gasteiger partial charge in [0.25, 0.3) is 0 Å². The van der Waals surface area contributed by atoms with Crippen molar-refractivity contribution in [2.45, 2.75) is 0 Å². The number of benzene rings is 2. The van der Waals surface area contributed by atoms with Crippen LogP contribution < -0.4 is 0 Å². The lowest BCUT2D eigenvalue weighted by atomic mass is 10.2. The topological polar surface area (TPSA) is 12.9 Å². The molecule has 0 aliphatic heterocycles. The SMILES string of the molecule is Clc1cc(Br)ccc1-c1csc(-c2ccc(Br)cc2)n1. The Morgan fingerprint density at radius 3 is 2.35 bits per heavy atom. The lowest BCUT2D eigenvalue weighted by Gasteiger charge is -2.01. The second-order valence-electron chi connectivity index (χ2n) is 4.17. The number of nitrogens with zero attached hydrogens (tertiary/aromatic N) is 1. The zero-order valence-corrected chi connectivity index (χ0v) is 14.9. The van der Waals surface area contributed by atoms with Crippen LogP contribution in [0.25, 0.3) is 21.8 Å². The molecule has 0 saturated heterocycles. The van der Waals surface area contributed by atoms with E-state index in [0.717, 1.165) is 30.8 Å². The molecule has 20 heavy (non-hydrogen) atoms. The molecule has 0 amide bonds. The Kier molecular flexibility index (Phi) is 4.26. The fourth-order valence-electron chi connectivity index (χ4n) is 1.82. The number of halogens is 3. The van der Waals surface area contributed by atoms with E-state index in [0.29, 0.717) is 5.02 Å². The summed E-state index contributed by atoms with van der Waals surface area (Å²) in [5.41, 5.74) is 2.97. The van der Waals surface area contributed by atoms with Crippen molar-refractivity contribution in [2.75, 3.05) is 0 Å². The minimum Gasteiger partial charge on any atom is -0.236 e. The number of hydrogen-bond acceptors (Lipinski definition) is 2. The zero-order chi connectivity index (χ0) is 14.1. The highest BCUT2D eigenvalue weighted by atomic mass is 79.9. The summed E-state index contributed by atoms with van der Waals surface area (Å²) in [4.78, 5) is 4.67. The summed E-state index contributed by atoms with van der Waals surface area (Å²) in [6.45, 7) is 0. The molecular weight excluding hydrogens is 422 g/mol. The van der Waals surface area contributed by atoms with Gasteiger partial charge in [0, 0.05) is 25.5 Å². The van der Waals surface area contributed by atoms with Gasteiger partial charge in [0.1, 0.15) is 5.01 Å². The van der Waals surface area contributed by atoms with Gasteiger partial charge in [0.15, 0.2) is 0 Å². The van der Waals surface area contributed by atoms with Crippen LogP contribution in [-0.2, 0) is 0 Å². The van der Waals surface area contributed by atoms with Crippen LogP contribution in [0.5, 0.6) is 0 Å². The molecule has 5 heteroatoms. The largest absolute Gasteiger partial charge is 0.236 e. The van der Waals surface area contributed by atoms with Crippen molar-refractivity contribution in [1.29, 1.82) is 0 Å². The van der Waals surface area contributed by atoms with Gasteiger partial charge in [-0.2, -0.15) is 0 Å². The lowest BCUT2D eigenvalue weighted by Crippen LogP contribution is -1.81. The predicted molar refractivity (Wildman–Crippen MR) is 93.4 cm³/mol. The van der Waals surface area contributed by atoms with E-state index >= 15 is 0 Å². The summed E-state index contributed by atoms with van der Waals surface area (Å²) >= 11 is 14.7. The third kappa shape index (κ3) is 2.98. The number of hydrogen-bond donors (Lipinski definition) is 0. The quantitative estimate of drug-likeness (QED) is 0.444. The Hall–Kier alpha value is -0.680. The fourth-order valence-corrected chi connectivity index (χ4v) is 3.68. The molecule has 1 aromatic heterocycles. The van der Waals surface area contributed by atoms with E-state index < -0.39 is 0 Å². The third-order valence-corrected chi connectivity index (χ3v) is 5.03. The second-order valence-corrected chi connectivity index (χ2v) is 7.27. The van der Waals surface area contributed by atoms with Crippen LogP contribution in [0.4, 0.5) is 0 Å². The van der Waals surface area contributed by atoms with Crippen LogP contribution in [0.15, 0.2) is 56.8 Å². The monoisotopic (exact) mass is 427 g/mol. The highest BCUT2D eigenvalue weighted by Crippen LogP contribution is 2.34. The van der Waals surface area contributed by atoms with Crippen molar-refractivity contribution in [2.24, 2.45) is 0 Å². The van der Waals surface area contributed by atoms with Crippen molar-refractivity contribution >= 4 is 54.8 Å². The molecule has 100 valence electrons. The first-order chi connectivity index (χ1) is 9.63. The van der Waals surface area contributed by atoms with Crippen LogP contribution in [0.2, 0.25) is 5.02 Å². The van der Waals surface area contributed by atoms with Gasteiger partial charge in [-0.15, -0.1) is 11.3 Å². The summed E-state index contributed by atoms with van der Waals surface area (Å²) in [7, 11) is 0. The van der Waals surface area contributed by atoms with Crippen molar-refractivity contribution in [3.63, 3.8) is 0 Å². The zero-order valence-electron chi connectivity index (χ0n) is 10.1. The summed E-state index contributed by atoms with van der Waals surface area (Å²) in [5.74, 6) is 0. The molecule has 1 nitrogen and oxygen atoms in total. The second kappa shape index (κ2) is 5.98. The molecule has 0 radical (unpaired) electrons. The molecule has 0 fully saturated rings. The minimum atomic E-state index is 0.701. The fraction of sp³-hybridized carbons (Fsp3) is 0. The molecule has 0 atom stereocenters. The van der Waals surface area contributed by atoms with Gasteiger partial charge in [-0.3, -0.25) is 0 Å². The maximum absolute atomic E-state index is 6.27. The van der Waals surface area contributed by atoms with Crippen molar-refractivity contribution < 1.29 is 0 Å². The van der Waals surface area contributed by atoms with Crippen molar-refractivity contribution in [1.82, 2.24) is 4.98 Å². The molecule has 0 saturated carbocycles. The van der Waals surface area contributed by atoms with Crippen molar-refractivity contribution in [3.8, 4) is 21.8 Å². The Balaban J connectivity index is 1.99. The van der Waals surface area contributed by atoms with Gasteiger partial charge >= 0.3 is 0 Å². The first-order valence-electron chi connectivity index (χ1n) is 5.80. The average molecular weight is 430 g/mol. The molecule has 3 aromatic rings. The highest BCUT2D eigenvalue weighted by Gasteiger charge is 2.10. The number of rotatable bonds is 2. The summed E-state index contributed by atoms with van der Waals surface area (Å²) in [5, 5.41) is 3.73. The van der Waals surface area contributed by atoms with Gasteiger partial charge in [0.05, 0.1) is 10.7 Å². The average Bonchev–Trinajstić information content (AvgIpc) is 2.89. The molecule has 0 aliphatic rings. The summed E-state index contributed by atoms with van der Waals surface area (Å²) in [6.07, 6.45) is 0. The molecule has 0 unspecified atom stereocenters. The smallest absolute Gasteiger partial charge is 0.124 e. The first-order valence-corrected chi connectivity index (χ1v) is 8.65. The van der Waals surface area contributed by atoms with Gasteiger partial charge in [-0.05, 0) is 24.3 Å². The normalized spacial score (nSPS) is 10.8. The van der Waals surface area contributed by atoms with Crippen LogP contribution in [0, 0.1) is 0 Å². The van der Waals surface area contributed by atoms with E-state index in [1.165, 1.54) is 0 Å². The Labute approximate surface area is 142 Å². The summed E-state index contributed by atoms with van der Waals surface area (Å²) in [6, 6.07) is 14.0. The van der Waals surface area contributed by atoms with Gasteiger partial charge < -0.3 is 0 Å². The number of aromatic nitrogens is 1. The van der Waals surface area contributed by atoms with E-state index in [9.17, 15) is 0 Å². The van der Waals surface area contributed by atoms with Crippen LogP contribution >= 0.6 is 54.8 Å². The standard InChI is InChI=1S/C15H8Br2ClNS/c16-10-3-1-9(2-4-10)15-19-14(8-20-15)12-6-5-11(17)7-13(12)18/h1-8H. The minimum absolute atomic E-state index is 0.701. The van der Waals surface area contributed by atoms with Gasteiger partial charge in [-0.25, -0.2) is 4.98 Å². The predicted octanol–water partition coefficient (Wildman–Crippen LogP) is 6.66. The molecule has 0 spiro atoms. The van der Waals surface area contributed by atoms with E-state index in [-0.39, 0.29) is 0 Å². The molecule has 0 N–H and O–H groups in total. The lowest BCUT2D eigenvalue weighted by molar-refractivity contribution is 1.40. The van der Waals surface area contributed by atoms with Crippen LogP contribution in [0.3, 0.4) is 0 Å². The van der Waals surface area contributed by atoms with E-state index in [1.807, 2.05) is 35.7 Å². The number of thiazole rings is 1. The Morgan fingerprint density at radius 1 is 0.950 bits per heavy atom. The van der Waals surface area contributed by atoms with Crippen LogP contribution in [0.1, 0.15) is 0 Å². The van der Waals surface area contributed by atoms with E-state index in [2.05, 4.69) is 49.0 Å². The molecule has 0 aliphatic carbocycles. The third-order valence-electron chi connectivity index (χ3n) is 2.80. The molecule has 2 aromatic carbocycles. The Morgan fingerprint density at radius 2 is 1.65 bits per heavy atom. The van der Waals surface area contributed by atoms with E-state index in [1.54, 1.807) is 11.3 Å². The van der Waals surface area contributed by atoms with Gasteiger partial charge in [0.2, 0.25) is 0 Å². The first kappa shape index (κ1) is 14.3. The molecular formula is C15H8Br2ClNS. The molecule has 0 bridgehead atoms. The highest BCUT2D eigenvalue weighted by molar-refractivity contribution is 9.10. The van der Waals surface area contributed by atoms with Gasteiger partial charge in [-0.1, -0.05) is 61.7 Å². The van der Waals surface area contributed by atoms with E-state index in [4.69, 9.17) is 11.6 Å².